The second-order valence-electron chi connectivity index (χ2n) is 5.63. The van der Waals surface area contributed by atoms with Crippen molar-refractivity contribution in [2.75, 3.05) is 31.6 Å². The first-order valence-electron chi connectivity index (χ1n) is 7.74. The zero-order valence-electron chi connectivity index (χ0n) is 13.0. The summed E-state index contributed by atoms with van der Waals surface area (Å²) in [5.41, 5.74) is -0.0304. The highest BCUT2D eigenvalue weighted by atomic mass is 19.1. The summed E-state index contributed by atoms with van der Waals surface area (Å²) in [6.07, 6.45) is 1.35. The van der Waals surface area contributed by atoms with Gasteiger partial charge < -0.3 is 15.0 Å². The molecule has 5 nitrogen and oxygen atoms in total. The van der Waals surface area contributed by atoms with E-state index in [2.05, 4.69) is 5.32 Å². The monoisotopic (exact) mass is 327 g/mol. The average Bonchev–Trinajstić information content (AvgIpc) is 2.51. The maximum Gasteiger partial charge on any atom is 0.309 e. The third-order valence-corrected chi connectivity index (χ3v) is 3.93. The highest BCUT2D eigenvalue weighted by Gasteiger charge is 2.29. The number of quaternary nitrogens is 1. The molecule has 1 aliphatic rings. The van der Waals surface area contributed by atoms with Gasteiger partial charge >= 0.3 is 5.97 Å². The van der Waals surface area contributed by atoms with E-state index in [4.69, 9.17) is 4.74 Å². The number of hydrogen-bond acceptors (Lipinski definition) is 3. The maximum atomic E-state index is 13.5. The van der Waals surface area contributed by atoms with Gasteiger partial charge in [0.1, 0.15) is 11.6 Å². The molecule has 1 saturated heterocycles. The fraction of sp³-hybridized carbons (Fsp3) is 0.500. The first kappa shape index (κ1) is 17.3. The van der Waals surface area contributed by atoms with Gasteiger partial charge in [-0.15, -0.1) is 0 Å². The van der Waals surface area contributed by atoms with Crippen LogP contribution in [0.1, 0.15) is 19.8 Å². The lowest BCUT2D eigenvalue weighted by Crippen LogP contribution is -3.14. The van der Waals surface area contributed by atoms with Crippen LogP contribution in [0.5, 0.6) is 0 Å². The first-order chi connectivity index (χ1) is 11.0. The second-order valence-corrected chi connectivity index (χ2v) is 5.63. The molecule has 0 aromatic heterocycles. The van der Waals surface area contributed by atoms with Crippen LogP contribution >= 0.6 is 0 Å². The number of ether oxygens (including phenoxy) is 1. The Kier molecular flexibility index (Phi) is 6.04. The van der Waals surface area contributed by atoms with E-state index >= 15 is 0 Å². The molecule has 1 amide bonds. The summed E-state index contributed by atoms with van der Waals surface area (Å²) in [7, 11) is 0. The number of rotatable bonds is 5. The van der Waals surface area contributed by atoms with Crippen LogP contribution in [0.4, 0.5) is 14.5 Å². The summed E-state index contributed by atoms with van der Waals surface area (Å²) >= 11 is 0. The van der Waals surface area contributed by atoms with Crippen LogP contribution in [0.3, 0.4) is 0 Å². The van der Waals surface area contributed by atoms with Crippen molar-refractivity contribution in [2.24, 2.45) is 5.92 Å². The van der Waals surface area contributed by atoms with Crippen LogP contribution in [0.2, 0.25) is 0 Å². The van der Waals surface area contributed by atoms with Gasteiger partial charge in [-0.3, -0.25) is 9.59 Å². The van der Waals surface area contributed by atoms with Crippen molar-refractivity contribution in [1.82, 2.24) is 0 Å². The number of piperidine rings is 1. The Morgan fingerprint density at radius 2 is 2.00 bits per heavy atom. The van der Waals surface area contributed by atoms with Gasteiger partial charge in [-0.1, -0.05) is 0 Å². The minimum atomic E-state index is -0.797. The summed E-state index contributed by atoms with van der Waals surface area (Å²) in [6.45, 7) is 3.70. The van der Waals surface area contributed by atoms with E-state index in [9.17, 15) is 18.4 Å². The number of carbonyl (C=O) groups is 2. The number of hydrogen-bond donors (Lipinski definition) is 2. The fourth-order valence-corrected chi connectivity index (χ4v) is 2.71. The zero-order valence-corrected chi connectivity index (χ0v) is 13.0. The van der Waals surface area contributed by atoms with Crippen LogP contribution in [-0.4, -0.2) is 38.1 Å². The SMILES string of the molecule is CCOC(=O)C1CC[NH+](CC(=O)Nc2ccc(F)cc2F)CC1. The Bertz CT molecular complexity index is 572. The molecule has 2 N–H and O–H groups in total. The molecular weight excluding hydrogens is 306 g/mol. The van der Waals surface area contributed by atoms with Gasteiger partial charge in [-0.05, 0) is 19.1 Å². The average molecular weight is 327 g/mol. The molecule has 7 heteroatoms. The van der Waals surface area contributed by atoms with Gasteiger partial charge in [0.05, 0.1) is 31.3 Å². The Labute approximate surface area is 133 Å². The number of nitrogens with one attached hydrogen (secondary N) is 2. The van der Waals surface area contributed by atoms with Crippen LogP contribution in [0.15, 0.2) is 18.2 Å². The quantitative estimate of drug-likeness (QED) is 0.785. The normalized spacial score (nSPS) is 20.8. The lowest BCUT2D eigenvalue weighted by atomic mass is 9.97. The number of anilines is 1. The summed E-state index contributed by atoms with van der Waals surface area (Å²) in [5.74, 6) is -2.10. The van der Waals surface area contributed by atoms with Crippen molar-refractivity contribution in [3.8, 4) is 0 Å². The van der Waals surface area contributed by atoms with Gasteiger partial charge in [0.15, 0.2) is 6.54 Å². The number of likely N-dealkylation sites (tertiary alicyclic amines) is 1. The van der Waals surface area contributed by atoms with Crippen molar-refractivity contribution >= 4 is 17.6 Å². The fourth-order valence-electron chi connectivity index (χ4n) is 2.71. The second kappa shape index (κ2) is 8.01. The van der Waals surface area contributed by atoms with Crippen molar-refractivity contribution in [3.05, 3.63) is 29.8 Å². The van der Waals surface area contributed by atoms with E-state index in [1.165, 1.54) is 6.07 Å². The molecule has 1 aliphatic heterocycles. The van der Waals surface area contributed by atoms with Crippen LogP contribution < -0.4 is 10.2 Å². The molecular formula is C16H21F2N2O3+. The summed E-state index contributed by atoms with van der Waals surface area (Å²) < 4.78 is 31.3. The topological polar surface area (TPSA) is 59.8 Å². The number of esters is 1. The number of carbonyl (C=O) groups excluding carboxylic acids is 2. The third-order valence-electron chi connectivity index (χ3n) is 3.93. The van der Waals surface area contributed by atoms with E-state index in [-0.39, 0.29) is 30.0 Å². The van der Waals surface area contributed by atoms with Crippen LogP contribution in [-0.2, 0) is 14.3 Å². The highest BCUT2D eigenvalue weighted by molar-refractivity contribution is 5.91. The van der Waals surface area contributed by atoms with Gasteiger partial charge in [0, 0.05) is 18.9 Å². The molecule has 23 heavy (non-hydrogen) atoms. The molecule has 0 atom stereocenters. The van der Waals surface area contributed by atoms with E-state index < -0.39 is 11.6 Å². The van der Waals surface area contributed by atoms with Crippen molar-refractivity contribution in [1.29, 1.82) is 0 Å². The minimum Gasteiger partial charge on any atom is -0.466 e. The van der Waals surface area contributed by atoms with Crippen molar-refractivity contribution < 1.29 is 28.0 Å². The van der Waals surface area contributed by atoms with E-state index in [1.807, 2.05) is 0 Å². The largest absolute Gasteiger partial charge is 0.466 e. The molecule has 2 rings (SSSR count). The van der Waals surface area contributed by atoms with E-state index in [1.54, 1.807) is 6.92 Å². The van der Waals surface area contributed by atoms with Crippen molar-refractivity contribution in [3.63, 3.8) is 0 Å². The summed E-state index contributed by atoms with van der Waals surface area (Å²) in [4.78, 5) is 24.6. The van der Waals surface area contributed by atoms with E-state index in [0.29, 0.717) is 32.5 Å². The molecule has 1 heterocycles. The summed E-state index contributed by atoms with van der Waals surface area (Å²) in [6, 6.07) is 3.02. The van der Waals surface area contributed by atoms with Gasteiger partial charge in [-0.25, -0.2) is 8.78 Å². The number of halogens is 2. The maximum absolute atomic E-state index is 13.5. The van der Waals surface area contributed by atoms with Gasteiger partial charge in [0.25, 0.3) is 5.91 Å². The molecule has 126 valence electrons. The zero-order chi connectivity index (χ0) is 16.8. The predicted molar refractivity (Wildman–Crippen MR) is 79.9 cm³/mol. The molecule has 1 aromatic carbocycles. The molecule has 1 fully saturated rings. The molecule has 0 aliphatic carbocycles. The Morgan fingerprint density at radius 3 is 2.61 bits per heavy atom. The van der Waals surface area contributed by atoms with Crippen molar-refractivity contribution in [2.45, 2.75) is 19.8 Å². The highest BCUT2D eigenvalue weighted by Crippen LogP contribution is 2.14. The smallest absolute Gasteiger partial charge is 0.309 e. The molecule has 0 bridgehead atoms. The minimum absolute atomic E-state index is 0.0304. The third kappa shape index (κ3) is 4.99. The van der Waals surface area contributed by atoms with Gasteiger partial charge in [-0.2, -0.15) is 0 Å². The molecule has 0 unspecified atom stereocenters. The number of amides is 1. The lowest BCUT2D eigenvalue weighted by molar-refractivity contribution is -0.897. The Morgan fingerprint density at radius 1 is 1.30 bits per heavy atom. The van der Waals surface area contributed by atoms with Crippen LogP contribution in [0, 0.1) is 17.6 Å². The standard InChI is InChI=1S/C16H20F2N2O3/c1-2-23-16(22)11-5-7-20(8-6-11)10-15(21)19-14-4-3-12(17)9-13(14)18/h3-4,9,11H,2,5-8,10H2,1H3,(H,19,21)/p+1. The lowest BCUT2D eigenvalue weighted by Gasteiger charge is -2.27. The molecule has 0 radical (unpaired) electrons. The number of benzene rings is 1. The molecule has 0 spiro atoms. The van der Waals surface area contributed by atoms with E-state index in [0.717, 1.165) is 17.0 Å². The van der Waals surface area contributed by atoms with Crippen LogP contribution in [0.25, 0.3) is 0 Å². The Balaban J connectivity index is 1.79. The Hall–Kier alpha value is -2.02. The first-order valence-corrected chi connectivity index (χ1v) is 7.74. The summed E-state index contributed by atoms with van der Waals surface area (Å²) in [5, 5.41) is 2.45. The molecule has 0 saturated carbocycles. The predicted octanol–water partition coefficient (Wildman–Crippen LogP) is 0.761. The molecule has 1 aromatic rings. The van der Waals surface area contributed by atoms with Gasteiger partial charge in [0.2, 0.25) is 0 Å².